The van der Waals surface area contributed by atoms with Crippen molar-refractivity contribution in [3.8, 4) is 11.4 Å². The Morgan fingerprint density at radius 2 is 1.23 bits per heavy atom. The first kappa shape index (κ1) is 25.0. The Kier molecular flexibility index (Phi) is 6.46. The molecule has 2 aliphatic rings. The highest BCUT2D eigenvalue weighted by Gasteiger charge is 2.40. The zero-order chi connectivity index (χ0) is 27.1. The Bertz CT molecular complexity index is 1760. The second-order valence-electron chi connectivity index (χ2n) is 10.3. The van der Waals surface area contributed by atoms with Crippen LogP contribution >= 0.6 is 0 Å². The van der Waals surface area contributed by atoms with Crippen molar-refractivity contribution >= 4 is 0 Å². The van der Waals surface area contributed by atoms with Crippen LogP contribution in [0.4, 0.5) is 0 Å². The summed E-state index contributed by atoms with van der Waals surface area (Å²) in [6.45, 7) is 2.48. The molecule has 0 bridgehead atoms. The quantitative estimate of drug-likeness (QED) is 0.259. The highest BCUT2D eigenvalue weighted by Crippen LogP contribution is 2.37. The molecule has 0 unspecified atom stereocenters. The van der Waals surface area contributed by atoms with Gasteiger partial charge in [0.15, 0.2) is 0 Å². The molecule has 2 aromatic carbocycles. The van der Waals surface area contributed by atoms with Crippen LogP contribution in [-0.4, -0.2) is 27.9 Å². The molecule has 0 fully saturated rings. The third-order valence-electron chi connectivity index (χ3n) is 7.93. The van der Waals surface area contributed by atoms with Crippen LogP contribution in [0.15, 0.2) is 91.5 Å². The van der Waals surface area contributed by atoms with Crippen LogP contribution in [0.5, 0.6) is 0 Å². The number of rotatable bonds is 8. The van der Waals surface area contributed by atoms with Gasteiger partial charge in [-0.05, 0) is 36.3 Å². The molecule has 4 aromatic rings. The van der Waals surface area contributed by atoms with Gasteiger partial charge in [0.05, 0.1) is 36.5 Å². The summed E-state index contributed by atoms with van der Waals surface area (Å²) in [5.74, 6) is 0. The number of fused-ring (bicyclic) bond motifs is 4. The van der Waals surface area contributed by atoms with Crippen LogP contribution in [0.25, 0.3) is 11.4 Å². The van der Waals surface area contributed by atoms with Crippen LogP contribution < -0.4 is 22.8 Å². The lowest BCUT2D eigenvalue weighted by atomic mass is 9.91. The van der Waals surface area contributed by atoms with Gasteiger partial charge >= 0.3 is 22.8 Å². The van der Waals surface area contributed by atoms with E-state index in [1.807, 2.05) is 18.2 Å². The fraction of sp³-hybridized carbons (Fsp3) is 0.379. The Morgan fingerprint density at radius 1 is 0.667 bits per heavy atom. The van der Waals surface area contributed by atoms with E-state index in [4.69, 9.17) is 0 Å². The van der Waals surface area contributed by atoms with Crippen LogP contribution in [0.1, 0.15) is 57.5 Å². The molecular formula is C29H32N6O4. The van der Waals surface area contributed by atoms with E-state index in [1.165, 1.54) is 23.2 Å². The summed E-state index contributed by atoms with van der Waals surface area (Å²) in [5.41, 5.74) is 0.202. The van der Waals surface area contributed by atoms with Gasteiger partial charge in [-0.15, -0.1) is 0 Å². The van der Waals surface area contributed by atoms with Crippen LogP contribution in [0.2, 0.25) is 0 Å². The van der Waals surface area contributed by atoms with E-state index in [0.29, 0.717) is 17.8 Å². The van der Waals surface area contributed by atoms with E-state index in [1.54, 1.807) is 53.2 Å². The first-order valence-corrected chi connectivity index (χ1v) is 13.7. The molecule has 6 rings (SSSR count). The molecule has 10 heteroatoms. The molecule has 202 valence electrons. The molecule has 2 atom stereocenters. The Balaban J connectivity index is 1.49. The van der Waals surface area contributed by atoms with Gasteiger partial charge in [-0.2, -0.15) is 0 Å². The minimum Gasteiger partial charge on any atom is -0.246 e. The standard InChI is InChI=1S/C29H32N6O4/c1-2-3-4-5-12-17-24-23-18-19-30-26(36)32(21-13-8-6-9-14-21)29(39)35(30)25(23)20-31-27(37)33(28(38)34(24)31)22-15-10-7-11-16-22/h6-11,13-16,18,24-25H,2-5,12,17,19-20H2,1H3/t24-,25+/m0/s1. The predicted octanol–water partition coefficient (Wildman–Crippen LogP) is 3.01. The summed E-state index contributed by atoms with van der Waals surface area (Å²) in [6.07, 6.45) is 7.94. The van der Waals surface area contributed by atoms with Gasteiger partial charge < -0.3 is 0 Å². The summed E-state index contributed by atoms with van der Waals surface area (Å²) in [4.78, 5) is 54.5. The fourth-order valence-electron chi connectivity index (χ4n) is 6.07. The molecule has 0 aliphatic carbocycles. The normalized spacial score (nSPS) is 17.8. The summed E-state index contributed by atoms with van der Waals surface area (Å²) in [6, 6.07) is 16.8. The van der Waals surface area contributed by atoms with Gasteiger partial charge in [-0.1, -0.05) is 81.5 Å². The fourth-order valence-corrected chi connectivity index (χ4v) is 6.07. The molecule has 0 saturated heterocycles. The molecule has 0 spiro atoms. The van der Waals surface area contributed by atoms with Crippen molar-refractivity contribution in [1.29, 1.82) is 0 Å². The Labute approximate surface area is 224 Å². The average molecular weight is 529 g/mol. The minimum atomic E-state index is -0.548. The Morgan fingerprint density at radius 3 is 1.85 bits per heavy atom. The lowest BCUT2D eigenvalue weighted by molar-refractivity contribution is 0.221. The van der Waals surface area contributed by atoms with Crippen molar-refractivity contribution in [1.82, 2.24) is 27.9 Å². The van der Waals surface area contributed by atoms with Gasteiger partial charge in [0.1, 0.15) is 0 Å². The number of para-hydroxylation sites is 2. The zero-order valence-electron chi connectivity index (χ0n) is 22.0. The first-order valence-electron chi connectivity index (χ1n) is 13.7. The van der Waals surface area contributed by atoms with E-state index >= 15 is 0 Å². The second-order valence-corrected chi connectivity index (χ2v) is 10.3. The highest BCUT2D eigenvalue weighted by atomic mass is 16.2. The smallest absolute Gasteiger partial charge is 0.246 e. The number of allylic oxidation sites excluding steroid dienone is 2. The van der Waals surface area contributed by atoms with Crippen molar-refractivity contribution in [2.24, 2.45) is 0 Å². The number of hydrogen-bond donors (Lipinski definition) is 0. The topological polar surface area (TPSA) is 97.9 Å². The van der Waals surface area contributed by atoms with Gasteiger partial charge in [0.2, 0.25) is 0 Å². The van der Waals surface area contributed by atoms with Crippen LogP contribution in [0.3, 0.4) is 0 Å². The number of nitrogens with zero attached hydrogens (tertiary/aromatic N) is 6. The molecule has 4 heterocycles. The molecule has 10 nitrogen and oxygen atoms in total. The highest BCUT2D eigenvalue weighted by molar-refractivity contribution is 5.33. The molecule has 2 aliphatic heterocycles. The maximum atomic E-state index is 13.8. The van der Waals surface area contributed by atoms with Crippen molar-refractivity contribution in [3.63, 3.8) is 0 Å². The zero-order valence-corrected chi connectivity index (χ0v) is 22.0. The minimum absolute atomic E-state index is 0.0875. The van der Waals surface area contributed by atoms with Gasteiger partial charge in [-0.3, -0.25) is 0 Å². The number of aromatic nitrogens is 6. The summed E-state index contributed by atoms with van der Waals surface area (Å²) in [5, 5.41) is 0. The molecule has 39 heavy (non-hydrogen) atoms. The van der Waals surface area contributed by atoms with E-state index in [0.717, 1.165) is 37.7 Å². The van der Waals surface area contributed by atoms with E-state index in [2.05, 4.69) is 6.92 Å². The monoisotopic (exact) mass is 528 g/mol. The van der Waals surface area contributed by atoms with Crippen LogP contribution in [-0.2, 0) is 13.1 Å². The lowest BCUT2D eigenvalue weighted by Crippen LogP contribution is -2.46. The predicted molar refractivity (Wildman–Crippen MR) is 148 cm³/mol. The average Bonchev–Trinajstić information content (AvgIpc) is 3.37. The Hall–Kier alpha value is -4.34. The summed E-state index contributed by atoms with van der Waals surface area (Å²) in [7, 11) is 0. The molecule has 0 N–H and O–H groups in total. The number of unbranched alkanes of at least 4 members (excludes halogenated alkanes) is 4. The molecule has 2 aromatic heterocycles. The van der Waals surface area contributed by atoms with Crippen molar-refractivity contribution < 1.29 is 0 Å². The van der Waals surface area contributed by atoms with E-state index < -0.39 is 23.1 Å². The third kappa shape index (κ3) is 4.02. The maximum Gasteiger partial charge on any atom is 0.352 e. The third-order valence-corrected chi connectivity index (χ3v) is 7.93. The molecule has 0 radical (unpaired) electrons. The maximum absolute atomic E-state index is 13.8. The SMILES string of the molecule is CCCCCCC[C@H]1C2=CCn3c(=O)n(-c4ccccc4)c(=O)n3[C@@H]2Cn2c(=O)n(-c3ccccc3)c(=O)n21. The van der Waals surface area contributed by atoms with Crippen molar-refractivity contribution in [2.75, 3.05) is 0 Å². The molecule has 0 saturated carbocycles. The first-order chi connectivity index (χ1) is 19.0. The lowest BCUT2D eigenvalue weighted by Gasteiger charge is -2.37. The van der Waals surface area contributed by atoms with E-state index in [-0.39, 0.29) is 24.8 Å². The van der Waals surface area contributed by atoms with Crippen LogP contribution in [0, 0.1) is 0 Å². The van der Waals surface area contributed by atoms with E-state index in [9.17, 15) is 19.2 Å². The van der Waals surface area contributed by atoms with Gasteiger partial charge in [-0.25, -0.2) is 47.0 Å². The van der Waals surface area contributed by atoms with Gasteiger partial charge in [0.25, 0.3) is 0 Å². The number of hydrogen-bond acceptors (Lipinski definition) is 4. The van der Waals surface area contributed by atoms with Gasteiger partial charge in [0, 0.05) is 0 Å². The summed E-state index contributed by atoms with van der Waals surface area (Å²) >= 11 is 0. The molecular weight excluding hydrogens is 496 g/mol. The van der Waals surface area contributed by atoms with Crippen molar-refractivity contribution in [3.05, 3.63) is 114 Å². The largest absolute Gasteiger partial charge is 0.352 e. The second kappa shape index (κ2) is 10.1. The van der Waals surface area contributed by atoms with Crippen molar-refractivity contribution in [2.45, 2.75) is 70.6 Å². The summed E-state index contributed by atoms with van der Waals surface area (Å²) < 4.78 is 8.33. The molecule has 0 amide bonds. The number of benzene rings is 2.